The number of nitrogens with one attached hydrogen (secondary N) is 1. The molecule has 1 N–H and O–H groups in total. The van der Waals surface area contributed by atoms with E-state index < -0.39 is 10.0 Å². The highest BCUT2D eigenvalue weighted by atomic mass is 127. The van der Waals surface area contributed by atoms with E-state index in [-0.39, 0.29) is 4.90 Å². The normalized spacial score (nSPS) is 11.6. The Morgan fingerprint density at radius 3 is 2.12 bits per heavy atom. The van der Waals surface area contributed by atoms with Crippen LogP contribution >= 0.6 is 22.6 Å². The first-order chi connectivity index (χ1) is 12.0. The molecule has 25 heavy (non-hydrogen) atoms. The number of hydrogen-bond donors (Lipinski definition) is 1. The summed E-state index contributed by atoms with van der Waals surface area (Å²) in [7, 11) is -3.61. The third-order valence-electron chi connectivity index (χ3n) is 3.41. The van der Waals surface area contributed by atoms with Gasteiger partial charge in [-0.1, -0.05) is 30.3 Å². The number of sulfonamides is 1. The van der Waals surface area contributed by atoms with Crippen LogP contribution in [0.25, 0.3) is 0 Å². The molecule has 3 aromatic rings. The summed E-state index contributed by atoms with van der Waals surface area (Å²) in [5, 5.41) is 0. The van der Waals surface area contributed by atoms with Gasteiger partial charge in [0.2, 0.25) is 0 Å². The third-order valence-corrected chi connectivity index (χ3v) is 5.52. The van der Waals surface area contributed by atoms with E-state index in [1.165, 1.54) is 0 Å². The zero-order chi connectivity index (χ0) is 17.7. The highest BCUT2D eigenvalue weighted by Gasteiger charge is 2.13. The lowest BCUT2D eigenvalue weighted by Gasteiger charge is -2.08. The predicted octanol–water partition coefficient (Wildman–Crippen LogP) is 4.84. The second-order valence-electron chi connectivity index (χ2n) is 5.28. The Hall–Kier alpha value is -2.19. The standard InChI is InChI=1S/C19H15IN2O2S/c20-16-6-8-18(9-7-16)22-25(23,24)19-12-10-17(11-13-19)21-14-15-4-2-1-3-5-15/h1-14,22H. The molecular weight excluding hydrogens is 447 g/mol. The van der Waals surface area contributed by atoms with Crippen LogP contribution in [-0.2, 0) is 10.0 Å². The van der Waals surface area contributed by atoms with Gasteiger partial charge in [-0.2, -0.15) is 0 Å². The van der Waals surface area contributed by atoms with Crippen LogP contribution in [0.15, 0.2) is 88.8 Å². The van der Waals surface area contributed by atoms with Crippen LogP contribution < -0.4 is 4.72 Å². The molecule has 0 spiro atoms. The van der Waals surface area contributed by atoms with Gasteiger partial charge in [0, 0.05) is 15.5 Å². The van der Waals surface area contributed by atoms with E-state index in [1.54, 1.807) is 42.6 Å². The molecule has 0 saturated heterocycles. The molecule has 0 fully saturated rings. The molecule has 0 aliphatic carbocycles. The van der Waals surface area contributed by atoms with Crippen LogP contribution in [-0.4, -0.2) is 14.6 Å². The minimum absolute atomic E-state index is 0.199. The van der Waals surface area contributed by atoms with Crippen molar-refractivity contribution in [1.29, 1.82) is 0 Å². The number of nitrogens with zero attached hydrogens (tertiary/aromatic N) is 1. The summed E-state index contributed by atoms with van der Waals surface area (Å²) in [6, 6.07) is 23.3. The summed E-state index contributed by atoms with van der Waals surface area (Å²) in [4.78, 5) is 4.55. The Kier molecular flexibility index (Phi) is 5.50. The topological polar surface area (TPSA) is 58.5 Å². The number of hydrogen-bond acceptors (Lipinski definition) is 3. The van der Waals surface area contributed by atoms with E-state index in [0.717, 1.165) is 9.13 Å². The van der Waals surface area contributed by atoms with Crippen molar-refractivity contribution in [3.05, 3.63) is 88.0 Å². The summed E-state index contributed by atoms with van der Waals surface area (Å²) < 4.78 is 28.5. The fourth-order valence-electron chi connectivity index (χ4n) is 2.13. The smallest absolute Gasteiger partial charge is 0.261 e. The first-order valence-corrected chi connectivity index (χ1v) is 10.1. The van der Waals surface area contributed by atoms with Gasteiger partial charge in [0.05, 0.1) is 10.6 Å². The second-order valence-corrected chi connectivity index (χ2v) is 8.20. The number of anilines is 1. The quantitative estimate of drug-likeness (QED) is 0.436. The lowest BCUT2D eigenvalue weighted by Crippen LogP contribution is -2.12. The van der Waals surface area contributed by atoms with Gasteiger partial charge in [0.1, 0.15) is 0 Å². The lowest BCUT2D eigenvalue weighted by atomic mass is 10.2. The van der Waals surface area contributed by atoms with Crippen molar-refractivity contribution in [2.24, 2.45) is 4.99 Å². The maximum Gasteiger partial charge on any atom is 0.261 e. The summed E-state index contributed by atoms with van der Waals surface area (Å²) >= 11 is 2.17. The predicted molar refractivity (Wildman–Crippen MR) is 110 cm³/mol. The van der Waals surface area contributed by atoms with Crippen molar-refractivity contribution in [3.63, 3.8) is 0 Å². The number of aliphatic imine (C=N–C) groups is 1. The molecule has 6 heteroatoms. The first kappa shape index (κ1) is 17.6. The monoisotopic (exact) mass is 462 g/mol. The third kappa shape index (κ3) is 4.90. The average Bonchev–Trinajstić information content (AvgIpc) is 2.63. The van der Waals surface area contributed by atoms with Crippen molar-refractivity contribution >= 4 is 50.2 Å². The zero-order valence-corrected chi connectivity index (χ0v) is 16.1. The molecule has 0 bridgehead atoms. The Bertz CT molecular complexity index is 968. The molecule has 0 aliphatic heterocycles. The number of benzene rings is 3. The van der Waals surface area contributed by atoms with Crippen molar-refractivity contribution in [1.82, 2.24) is 0 Å². The molecule has 0 amide bonds. The van der Waals surface area contributed by atoms with E-state index in [4.69, 9.17) is 0 Å². The molecule has 0 unspecified atom stereocenters. The van der Waals surface area contributed by atoms with Crippen LogP contribution in [0.3, 0.4) is 0 Å². The van der Waals surface area contributed by atoms with Crippen LogP contribution in [0.1, 0.15) is 5.56 Å². The van der Waals surface area contributed by atoms with E-state index in [0.29, 0.717) is 11.4 Å². The Balaban J connectivity index is 1.74. The van der Waals surface area contributed by atoms with E-state index in [9.17, 15) is 8.42 Å². The van der Waals surface area contributed by atoms with Crippen LogP contribution in [0.4, 0.5) is 11.4 Å². The molecule has 0 atom stereocenters. The van der Waals surface area contributed by atoms with Gasteiger partial charge in [-0.25, -0.2) is 8.42 Å². The molecular formula is C19H15IN2O2S. The van der Waals surface area contributed by atoms with E-state index in [1.807, 2.05) is 42.5 Å². The van der Waals surface area contributed by atoms with Crippen molar-refractivity contribution < 1.29 is 8.42 Å². The molecule has 0 aromatic heterocycles. The van der Waals surface area contributed by atoms with Gasteiger partial charge < -0.3 is 0 Å². The average molecular weight is 462 g/mol. The van der Waals surface area contributed by atoms with Gasteiger partial charge in [0.15, 0.2) is 0 Å². The lowest BCUT2D eigenvalue weighted by molar-refractivity contribution is 0.601. The highest BCUT2D eigenvalue weighted by Crippen LogP contribution is 2.20. The fraction of sp³-hybridized carbons (Fsp3) is 0. The summed E-state index contributed by atoms with van der Waals surface area (Å²) in [5.41, 5.74) is 2.21. The highest BCUT2D eigenvalue weighted by molar-refractivity contribution is 14.1. The van der Waals surface area contributed by atoms with Crippen molar-refractivity contribution in [2.75, 3.05) is 4.72 Å². The largest absolute Gasteiger partial charge is 0.280 e. The maximum atomic E-state index is 12.4. The Morgan fingerprint density at radius 1 is 0.840 bits per heavy atom. The van der Waals surface area contributed by atoms with Crippen LogP contribution in [0.5, 0.6) is 0 Å². The molecule has 0 heterocycles. The van der Waals surface area contributed by atoms with Gasteiger partial charge in [-0.05, 0) is 76.7 Å². The summed E-state index contributed by atoms with van der Waals surface area (Å²) in [6.45, 7) is 0. The molecule has 0 saturated carbocycles. The van der Waals surface area contributed by atoms with Crippen LogP contribution in [0.2, 0.25) is 0 Å². The van der Waals surface area contributed by atoms with Crippen molar-refractivity contribution in [2.45, 2.75) is 4.90 Å². The maximum absolute atomic E-state index is 12.4. The minimum atomic E-state index is -3.61. The number of rotatable bonds is 5. The van der Waals surface area contributed by atoms with E-state index in [2.05, 4.69) is 32.3 Å². The minimum Gasteiger partial charge on any atom is -0.280 e. The van der Waals surface area contributed by atoms with E-state index >= 15 is 0 Å². The van der Waals surface area contributed by atoms with Crippen LogP contribution in [0, 0.1) is 3.57 Å². The van der Waals surface area contributed by atoms with Gasteiger partial charge in [-0.15, -0.1) is 0 Å². The molecule has 3 aromatic carbocycles. The molecule has 3 rings (SSSR count). The molecule has 4 nitrogen and oxygen atoms in total. The van der Waals surface area contributed by atoms with Gasteiger partial charge in [0.25, 0.3) is 10.0 Å². The van der Waals surface area contributed by atoms with Crippen molar-refractivity contribution in [3.8, 4) is 0 Å². The Labute approximate surface area is 160 Å². The molecule has 126 valence electrons. The van der Waals surface area contributed by atoms with Gasteiger partial charge in [-0.3, -0.25) is 9.71 Å². The molecule has 0 radical (unpaired) electrons. The molecule has 0 aliphatic rings. The second kappa shape index (κ2) is 7.79. The number of halogens is 1. The Morgan fingerprint density at radius 2 is 1.48 bits per heavy atom. The summed E-state index contributed by atoms with van der Waals surface area (Å²) in [5.74, 6) is 0. The SMILES string of the molecule is O=S(=O)(Nc1ccc(I)cc1)c1ccc(N=Cc2ccccc2)cc1. The van der Waals surface area contributed by atoms with Gasteiger partial charge >= 0.3 is 0 Å². The summed E-state index contributed by atoms with van der Waals surface area (Å²) in [6.07, 6.45) is 1.74. The zero-order valence-electron chi connectivity index (χ0n) is 13.1. The fourth-order valence-corrected chi connectivity index (χ4v) is 3.55. The first-order valence-electron chi connectivity index (χ1n) is 7.50.